The van der Waals surface area contributed by atoms with E-state index in [2.05, 4.69) is 27.1 Å². The van der Waals surface area contributed by atoms with Crippen LogP contribution in [0.15, 0.2) is 65.2 Å². The molecule has 0 aliphatic rings. The molecule has 0 bridgehead atoms. The van der Waals surface area contributed by atoms with E-state index < -0.39 is 0 Å². The molecule has 0 atom stereocenters. The Bertz CT molecular complexity index is 830. The van der Waals surface area contributed by atoms with Gasteiger partial charge in [0.05, 0.1) is 18.6 Å². The lowest BCUT2D eigenvalue weighted by Crippen LogP contribution is -2.25. The molecule has 7 nitrogen and oxygen atoms in total. The fourth-order valence-electron chi connectivity index (χ4n) is 2.17. The minimum atomic E-state index is -0.0830. The van der Waals surface area contributed by atoms with Crippen LogP contribution >= 0.6 is 11.8 Å². The molecule has 0 fully saturated rings. The highest BCUT2D eigenvalue weighted by Gasteiger charge is 2.17. The molecule has 0 aromatic carbocycles. The van der Waals surface area contributed by atoms with Gasteiger partial charge in [0, 0.05) is 24.5 Å². The molecule has 1 amide bonds. The van der Waals surface area contributed by atoms with Gasteiger partial charge in [-0.05, 0) is 24.3 Å². The molecule has 1 N–H and O–H groups in total. The average Bonchev–Trinajstić information content (AvgIpc) is 3.29. The lowest BCUT2D eigenvalue weighted by molar-refractivity contribution is -0.118. The number of carbonyl (C=O) groups excluding carboxylic acids is 1. The van der Waals surface area contributed by atoms with E-state index in [1.807, 2.05) is 28.8 Å². The molecule has 0 saturated carbocycles. The minimum Gasteiger partial charge on any atom is -0.467 e. The van der Waals surface area contributed by atoms with Crippen molar-refractivity contribution in [3.63, 3.8) is 0 Å². The summed E-state index contributed by atoms with van der Waals surface area (Å²) in [6.07, 6.45) is 6.70. The highest BCUT2D eigenvalue weighted by molar-refractivity contribution is 7.99. The normalized spacial score (nSPS) is 10.6. The van der Waals surface area contributed by atoms with Crippen LogP contribution in [0.3, 0.4) is 0 Å². The Morgan fingerprint density at radius 3 is 3.00 bits per heavy atom. The third-order valence-electron chi connectivity index (χ3n) is 3.31. The summed E-state index contributed by atoms with van der Waals surface area (Å²) in [5.74, 6) is 1.62. The van der Waals surface area contributed by atoms with Crippen LogP contribution < -0.4 is 5.32 Å². The number of hydrogen-bond donors (Lipinski definition) is 1. The Hall–Kier alpha value is -2.87. The molecule has 3 aromatic heterocycles. The van der Waals surface area contributed by atoms with E-state index in [0.717, 1.165) is 11.3 Å². The SMILES string of the molecule is C=CCNC(=O)CSc1nnc(-c2cccnc2)n1Cc1ccco1. The zero-order chi connectivity index (χ0) is 17.5. The zero-order valence-electron chi connectivity index (χ0n) is 13.5. The first kappa shape index (κ1) is 17.0. The number of nitrogens with zero attached hydrogens (tertiary/aromatic N) is 4. The summed E-state index contributed by atoms with van der Waals surface area (Å²) in [7, 11) is 0. The maximum atomic E-state index is 11.8. The monoisotopic (exact) mass is 355 g/mol. The van der Waals surface area contributed by atoms with Crippen molar-refractivity contribution < 1.29 is 9.21 Å². The average molecular weight is 355 g/mol. The van der Waals surface area contributed by atoms with Gasteiger partial charge >= 0.3 is 0 Å². The Kier molecular flexibility index (Phi) is 5.63. The fourth-order valence-corrected chi connectivity index (χ4v) is 2.94. The van der Waals surface area contributed by atoms with Crippen molar-refractivity contribution in [2.45, 2.75) is 11.7 Å². The van der Waals surface area contributed by atoms with Crippen molar-refractivity contribution in [1.82, 2.24) is 25.1 Å². The van der Waals surface area contributed by atoms with Crippen molar-refractivity contribution >= 4 is 17.7 Å². The van der Waals surface area contributed by atoms with Gasteiger partial charge in [-0.2, -0.15) is 0 Å². The third-order valence-corrected chi connectivity index (χ3v) is 4.27. The number of aromatic nitrogens is 4. The molecule has 0 unspecified atom stereocenters. The van der Waals surface area contributed by atoms with E-state index >= 15 is 0 Å². The highest BCUT2D eigenvalue weighted by Crippen LogP contribution is 2.24. The fraction of sp³-hybridized carbons (Fsp3) is 0.176. The summed E-state index contributed by atoms with van der Waals surface area (Å²) in [6, 6.07) is 7.48. The summed E-state index contributed by atoms with van der Waals surface area (Å²) in [5, 5.41) is 11.9. The van der Waals surface area contributed by atoms with Gasteiger partial charge in [0.1, 0.15) is 5.76 Å². The van der Waals surface area contributed by atoms with Gasteiger partial charge in [-0.15, -0.1) is 16.8 Å². The van der Waals surface area contributed by atoms with Crippen LogP contribution in [0.4, 0.5) is 0 Å². The zero-order valence-corrected chi connectivity index (χ0v) is 14.3. The van der Waals surface area contributed by atoms with E-state index in [4.69, 9.17) is 4.42 Å². The molecule has 25 heavy (non-hydrogen) atoms. The van der Waals surface area contributed by atoms with Gasteiger partial charge in [-0.25, -0.2) is 0 Å². The van der Waals surface area contributed by atoms with Crippen LogP contribution in [-0.4, -0.2) is 38.0 Å². The number of rotatable bonds is 8. The van der Waals surface area contributed by atoms with E-state index in [1.54, 1.807) is 24.7 Å². The number of amides is 1. The van der Waals surface area contributed by atoms with Gasteiger partial charge in [0.15, 0.2) is 11.0 Å². The standard InChI is InChI=1S/C17H17N5O2S/c1-2-7-19-15(23)12-25-17-21-20-16(13-5-3-8-18-10-13)22(17)11-14-6-4-9-24-14/h2-6,8-10H,1,7,11-12H2,(H,19,23). The second-order valence-electron chi connectivity index (χ2n) is 5.09. The first-order chi connectivity index (χ1) is 12.3. The van der Waals surface area contributed by atoms with Gasteiger partial charge in [-0.3, -0.25) is 14.3 Å². The smallest absolute Gasteiger partial charge is 0.230 e. The molecule has 0 spiro atoms. The van der Waals surface area contributed by atoms with Crippen molar-refractivity contribution in [1.29, 1.82) is 0 Å². The minimum absolute atomic E-state index is 0.0830. The van der Waals surface area contributed by atoms with E-state index in [0.29, 0.717) is 24.1 Å². The molecule has 3 rings (SSSR count). The van der Waals surface area contributed by atoms with Crippen molar-refractivity contribution in [2.75, 3.05) is 12.3 Å². The molecule has 3 heterocycles. The molecule has 128 valence electrons. The lowest BCUT2D eigenvalue weighted by atomic mass is 10.2. The predicted octanol–water partition coefficient (Wildman–Crippen LogP) is 2.38. The Morgan fingerprint density at radius 2 is 2.28 bits per heavy atom. The van der Waals surface area contributed by atoms with E-state index in [9.17, 15) is 4.79 Å². The van der Waals surface area contributed by atoms with Crippen LogP contribution in [0.25, 0.3) is 11.4 Å². The topological polar surface area (TPSA) is 85.8 Å². The molecule has 3 aromatic rings. The Morgan fingerprint density at radius 1 is 1.36 bits per heavy atom. The summed E-state index contributed by atoms with van der Waals surface area (Å²) >= 11 is 1.32. The van der Waals surface area contributed by atoms with Gasteiger partial charge in [0.2, 0.25) is 5.91 Å². The van der Waals surface area contributed by atoms with Crippen LogP contribution in [-0.2, 0) is 11.3 Å². The molecule has 0 saturated heterocycles. The van der Waals surface area contributed by atoms with Crippen LogP contribution in [0.5, 0.6) is 0 Å². The number of furan rings is 1. The van der Waals surface area contributed by atoms with Crippen molar-refractivity contribution in [3.8, 4) is 11.4 Å². The molecule has 8 heteroatoms. The molecule has 0 aliphatic carbocycles. The third kappa shape index (κ3) is 4.36. The summed E-state index contributed by atoms with van der Waals surface area (Å²) in [5.41, 5.74) is 0.851. The van der Waals surface area contributed by atoms with Crippen LogP contribution in [0.1, 0.15) is 5.76 Å². The van der Waals surface area contributed by atoms with Gasteiger partial charge in [0.25, 0.3) is 0 Å². The first-order valence-electron chi connectivity index (χ1n) is 7.64. The van der Waals surface area contributed by atoms with Gasteiger partial charge < -0.3 is 9.73 Å². The van der Waals surface area contributed by atoms with Crippen LogP contribution in [0, 0.1) is 0 Å². The van der Waals surface area contributed by atoms with Crippen molar-refractivity contribution in [2.24, 2.45) is 0 Å². The summed E-state index contributed by atoms with van der Waals surface area (Å²) in [4.78, 5) is 15.9. The number of thioether (sulfide) groups is 1. The molecular formula is C17H17N5O2S. The number of hydrogen-bond acceptors (Lipinski definition) is 6. The largest absolute Gasteiger partial charge is 0.467 e. The maximum Gasteiger partial charge on any atom is 0.230 e. The first-order valence-corrected chi connectivity index (χ1v) is 8.63. The quantitative estimate of drug-likeness (QED) is 0.493. The number of nitrogens with one attached hydrogen (secondary N) is 1. The predicted molar refractivity (Wildman–Crippen MR) is 95.0 cm³/mol. The van der Waals surface area contributed by atoms with E-state index in [-0.39, 0.29) is 11.7 Å². The molecule has 0 radical (unpaired) electrons. The number of pyridine rings is 1. The second kappa shape index (κ2) is 8.29. The van der Waals surface area contributed by atoms with E-state index in [1.165, 1.54) is 11.8 Å². The maximum absolute atomic E-state index is 11.8. The lowest BCUT2D eigenvalue weighted by Gasteiger charge is -2.08. The Balaban J connectivity index is 1.83. The second-order valence-corrected chi connectivity index (χ2v) is 6.04. The van der Waals surface area contributed by atoms with Crippen LogP contribution in [0.2, 0.25) is 0 Å². The molecular weight excluding hydrogens is 338 g/mol. The summed E-state index contributed by atoms with van der Waals surface area (Å²) < 4.78 is 7.36. The number of carbonyl (C=O) groups is 1. The summed E-state index contributed by atoms with van der Waals surface area (Å²) in [6.45, 7) is 4.50. The highest BCUT2D eigenvalue weighted by atomic mass is 32.2. The molecule has 0 aliphatic heterocycles. The van der Waals surface area contributed by atoms with Crippen molar-refractivity contribution in [3.05, 3.63) is 61.3 Å². The van der Waals surface area contributed by atoms with Gasteiger partial charge in [-0.1, -0.05) is 17.8 Å². The Labute approximate surface area is 149 Å².